The van der Waals surface area contributed by atoms with Gasteiger partial charge in [-0.05, 0) is 30.3 Å². The van der Waals surface area contributed by atoms with Crippen molar-refractivity contribution in [2.45, 2.75) is 6.42 Å². The number of anilines is 2. The lowest BCUT2D eigenvalue weighted by atomic mass is 10.1. The molecule has 2 aliphatic heterocycles. The third kappa shape index (κ3) is 6.40. The Labute approximate surface area is 276 Å². The van der Waals surface area contributed by atoms with Crippen LogP contribution in [0.2, 0.25) is 5.02 Å². The summed E-state index contributed by atoms with van der Waals surface area (Å²) in [5, 5.41) is 17.0. The Balaban J connectivity index is 1.10. The average Bonchev–Trinajstić information content (AvgIpc) is 3.76. The van der Waals surface area contributed by atoms with E-state index in [-0.39, 0.29) is 34.3 Å². The highest BCUT2D eigenvalue weighted by molar-refractivity contribution is 6.34. The second-order valence-corrected chi connectivity index (χ2v) is 12.9. The van der Waals surface area contributed by atoms with E-state index in [1.807, 2.05) is 4.90 Å². The Bertz CT molecular complexity index is 1900. The summed E-state index contributed by atoms with van der Waals surface area (Å²) in [5.41, 5.74) is 8.03. The number of nitrogen functional groups attached to an aromatic ring is 1. The zero-order chi connectivity index (χ0) is 33.5. The summed E-state index contributed by atoms with van der Waals surface area (Å²) < 4.78 is 3.87. The molecule has 6 rings (SSSR count). The molecule has 47 heavy (non-hydrogen) atoms. The number of halogens is 1. The van der Waals surface area contributed by atoms with E-state index < -0.39 is 5.91 Å². The quantitative estimate of drug-likeness (QED) is 0.298. The van der Waals surface area contributed by atoms with Crippen molar-refractivity contribution in [3.63, 3.8) is 0 Å². The van der Waals surface area contributed by atoms with E-state index in [0.29, 0.717) is 60.2 Å². The summed E-state index contributed by atoms with van der Waals surface area (Å²) in [5.74, 6) is 0.0383. The molecule has 1 unspecified atom stereocenters. The van der Waals surface area contributed by atoms with Crippen LogP contribution in [0, 0.1) is 17.2 Å². The number of pyridine rings is 1. The van der Waals surface area contributed by atoms with Crippen LogP contribution in [0.4, 0.5) is 11.4 Å². The molecule has 0 radical (unpaired) electrons. The molecule has 0 saturated carbocycles. The lowest BCUT2D eigenvalue weighted by Crippen LogP contribution is -2.52. The van der Waals surface area contributed by atoms with E-state index >= 15 is 0 Å². The second kappa shape index (κ2) is 12.5. The number of carbonyl (C=O) groups is 3. The number of nitriles is 1. The number of rotatable bonds is 6. The lowest BCUT2D eigenvalue weighted by molar-refractivity contribution is -0.878. The molecule has 3 N–H and O–H groups in total. The molecule has 3 amide bonds. The number of hydrogen-bond donors (Lipinski definition) is 2. The molecular formula is C32H35ClN11O3+. The van der Waals surface area contributed by atoms with Gasteiger partial charge < -0.3 is 29.9 Å². The van der Waals surface area contributed by atoms with E-state index in [2.05, 4.69) is 40.5 Å². The lowest BCUT2D eigenvalue weighted by Gasteiger charge is -2.36. The molecule has 0 bridgehead atoms. The fraction of sp³-hybridized carbons (Fsp3) is 0.344. The van der Waals surface area contributed by atoms with Gasteiger partial charge in [-0.15, -0.1) is 0 Å². The minimum absolute atomic E-state index is 0.0358. The van der Waals surface area contributed by atoms with Crippen LogP contribution in [0.5, 0.6) is 0 Å². The maximum Gasteiger partial charge on any atom is 0.291 e. The normalized spacial score (nSPS) is 17.4. The van der Waals surface area contributed by atoms with Crippen molar-refractivity contribution < 1.29 is 18.9 Å². The molecule has 2 aliphatic rings. The zero-order valence-corrected chi connectivity index (χ0v) is 27.1. The largest absolute Gasteiger partial charge is 0.397 e. The van der Waals surface area contributed by atoms with Crippen molar-refractivity contribution in [3.05, 3.63) is 71.0 Å². The number of nitrogens with one attached hydrogen (secondary N) is 1. The van der Waals surface area contributed by atoms with E-state index in [4.69, 9.17) is 17.3 Å². The maximum absolute atomic E-state index is 13.3. The first-order valence-electron chi connectivity index (χ1n) is 15.2. The molecule has 2 fully saturated rings. The van der Waals surface area contributed by atoms with Gasteiger partial charge in [0.15, 0.2) is 17.3 Å². The molecule has 0 aliphatic carbocycles. The molecule has 2 saturated heterocycles. The van der Waals surface area contributed by atoms with Crippen molar-refractivity contribution in [2.24, 2.45) is 13.0 Å². The van der Waals surface area contributed by atoms with Crippen molar-refractivity contribution in [1.29, 1.82) is 5.26 Å². The Morgan fingerprint density at radius 1 is 1.06 bits per heavy atom. The first-order chi connectivity index (χ1) is 22.4. The molecule has 0 spiro atoms. The standard InChI is InChI=1S/C32H34ClN11O3/c1-40-27(24-18-43(39-26(24)15-34)28-7-4-21(35)16-36-28)17-37-29(40)30(45)38-22-5-6-23(25(33)14-22)32(47)42-11-9-41(10-12-42)31(46)20-8-13-44(2,3)19-20/h4-7,14,16-18,20H,8-13,19,35H2,1-3H3/p+1. The van der Waals surface area contributed by atoms with Gasteiger partial charge in [-0.25, -0.2) is 14.6 Å². The van der Waals surface area contributed by atoms with Gasteiger partial charge in [-0.1, -0.05) is 11.6 Å². The van der Waals surface area contributed by atoms with Crippen molar-refractivity contribution in [2.75, 3.05) is 64.4 Å². The number of piperazine rings is 1. The number of imidazole rings is 1. The predicted octanol–water partition coefficient (Wildman–Crippen LogP) is 2.41. The fourth-order valence-corrected chi connectivity index (χ4v) is 6.42. The Morgan fingerprint density at radius 2 is 1.81 bits per heavy atom. The molecule has 5 heterocycles. The van der Waals surface area contributed by atoms with Crippen LogP contribution in [0.3, 0.4) is 0 Å². The average molecular weight is 657 g/mol. The number of nitrogens with two attached hydrogens (primary N) is 1. The third-order valence-corrected chi connectivity index (χ3v) is 9.09. The summed E-state index contributed by atoms with van der Waals surface area (Å²) >= 11 is 6.54. The molecular weight excluding hydrogens is 622 g/mol. The van der Waals surface area contributed by atoms with Gasteiger partial charge in [0, 0.05) is 51.5 Å². The minimum Gasteiger partial charge on any atom is -0.397 e. The molecule has 4 aromatic rings. The van der Waals surface area contributed by atoms with Crippen LogP contribution in [-0.4, -0.2) is 110 Å². The van der Waals surface area contributed by atoms with Gasteiger partial charge in [-0.3, -0.25) is 14.4 Å². The van der Waals surface area contributed by atoms with Crippen molar-refractivity contribution >= 4 is 40.7 Å². The molecule has 242 valence electrons. The van der Waals surface area contributed by atoms with E-state index in [0.717, 1.165) is 24.0 Å². The highest BCUT2D eigenvalue weighted by atomic mass is 35.5. The van der Waals surface area contributed by atoms with Gasteiger partial charge in [0.05, 0.1) is 73.0 Å². The predicted molar refractivity (Wildman–Crippen MR) is 175 cm³/mol. The van der Waals surface area contributed by atoms with Crippen LogP contribution in [0.15, 0.2) is 48.9 Å². The van der Waals surface area contributed by atoms with Crippen LogP contribution in [0.25, 0.3) is 17.1 Å². The zero-order valence-electron chi connectivity index (χ0n) is 26.4. The summed E-state index contributed by atoms with van der Waals surface area (Å²) in [4.78, 5) is 51.7. The number of benzene rings is 1. The topological polar surface area (TPSA) is 168 Å². The highest BCUT2D eigenvalue weighted by Crippen LogP contribution is 2.27. The molecule has 15 heteroatoms. The summed E-state index contributed by atoms with van der Waals surface area (Å²) in [6, 6.07) is 10.1. The van der Waals surface area contributed by atoms with Crippen LogP contribution in [0.1, 0.15) is 33.1 Å². The Hall–Kier alpha value is -5.26. The highest BCUT2D eigenvalue weighted by Gasteiger charge is 2.38. The van der Waals surface area contributed by atoms with Gasteiger partial charge >= 0.3 is 0 Å². The second-order valence-electron chi connectivity index (χ2n) is 12.5. The number of likely N-dealkylation sites (tertiary alicyclic amines) is 1. The van der Waals surface area contributed by atoms with Crippen LogP contribution in [-0.2, 0) is 11.8 Å². The number of carbonyl (C=O) groups excluding carboxylic acids is 3. The smallest absolute Gasteiger partial charge is 0.291 e. The van der Waals surface area contributed by atoms with Crippen LogP contribution >= 0.6 is 11.6 Å². The van der Waals surface area contributed by atoms with Gasteiger partial charge in [0.25, 0.3) is 11.8 Å². The summed E-state index contributed by atoms with van der Waals surface area (Å²) in [6.07, 6.45) is 5.51. The fourth-order valence-electron chi connectivity index (χ4n) is 6.16. The van der Waals surface area contributed by atoms with Gasteiger partial charge in [0.2, 0.25) is 5.91 Å². The van der Waals surface area contributed by atoms with E-state index in [1.54, 1.807) is 47.0 Å². The number of quaternary nitrogens is 1. The number of nitrogens with zero attached hydrogens (tertiary/aromatic N) is 9. The minimum atomic E-state index is -0.509. The number of amides is 3. The number of hydrogen-bond acceptors (Lipinski definition) is 8. The van der Waals surface area contributed by atoms with E-state index in [1.165, 1.54) is 23.1 Å². The van der Waals surface area contributed by atoms with Crippen molar-refractivity contribution in [3.8, 4) is 23.1 Å². The van der Waals surface area contributed by atoms with E-state index in [9.17, 15) is 19.6 Å². The Morgan fingerprint density at radius 3 is 2.45 bits per heavy atom. The van der Waals surface area contributed by atoms with Crippen LogP contribution < -0.4 is 11.1 Å². The monoisotopic (exact) mass is 656 g/mol. The molecule has 1 aromatic carbocycles. The van der Waals surface area contributed by atoms with Crippen molar-refractivity contribution in [1.82, 2.24) is 34.1 Å². The summed E-state index contributed by atoms with van der Waals surface area (Å²) in [6.45, 7) is 3.66. The molecule has 1 atom stereocenters. The van der Waals surface area contributed by atoms with Gasteiger partial charge in [-0.2, -0.15) is 10.4 Å². The Kier molecular flexibility index (Phi) is 8.43. The number of aromatic nitrogens is 5. The molecule has 3 aromatic heterocycles. The summed E-state index contributed by atoms with van der Waals surface area (Å²) in [7, 11) is 5.95. The first-order valence-corrected chi connectivity index (χ1v) is 15.6. The SMILES string of the molecule is Cn1c(-c2cn(-c3ccc(N)cn3)nc2C#N)cnc1C(=O)Nc1ccc(C(=O)N2CCN(C(=O)C3CC[N+](C)(C)C3)CC2)c(Cl)c1. The third-order valence-electron chi connectivity index (χ3n) is 8.78. The molecule has 14 nitrogen and oxygen atoms in total. The van der Waals surface area contributed by atoms with Gasteiger partial charge in [0.1, 0.15) is 6.07 Å². The maximum atomic E-state index is 13.3. The first kappa shape index (κ1) is 31.7.